The highest BCUT2D eigenvalue weighted by Crippen LogP contribution is 2.29. The van der Waals surface area contributed by atoms with Crippen LogP contribution >= 0.6 is 11.6 Å². The van der Waals surface area contributed by atoms with Crippen molar-refractivity contribution in [3.05, 3.63) is 46.0 Å². The Balaban J connectivity index is 1.60. The van der Waals surface area contributed by atoms with Crippen LogP contribution < -0.4 is 5.32 Å². The molecule has 2 aliphatic heterocycles. The Bertz CT molecular complexity index is 960. The molecule has 0 saturated carbocycles. The molecule has 0 fully saturated rings. The van der Waals surface area contributed by atoms with E-state index in [1.54, 1.807) is 21.5 Å². The molecule has 28 heavy (non-hydrogen) atoms. The number of aromatic nitrogens is 2. The lowest BCUT2D eigenvalue weighted by Crippen LogP contribution is -2.45. The molecule has 1 aromatic heterocycles. The molecule has 4 rings (SSSR count). The summed E-state index contributed by atoms with van der Waals surface area (Å²) in [6.45, 7) is 3.61. The number of hydrogen-bond donors (Lipinski definition) is 1. The van der Waals surface area contributed by atoms with E-state index < -0.39 is 5.82 Å². The summed E-state index contributed by atoms with van der Waals surface area (Å²) in [7, 11) is 1.78. The normalized spacial score (nSPS) is 19.1. The van der Waals surface area contributed by atoms with Gasteiger partial charge in [-0.3, -0.25) is 9.48 Å². The second-order valence-corrected chi connectivity index (χ2v) is 7.72. The summed E-state index contributed by atoms with van der Waals surface area (Å²) < 4.78 is 15.1. The van der Waals surface area contributed by atoms with E-state index >= 15 is 0 Å². The number of nitrogens with zero attached hydrogens (tertiary/aromatic N) is 4. The van der Waals surface area contributed by atoms with Gasteiger partial charge in [-0.05, 0) is 31.5 Å². The average molecular weight is 406 g/mol. The van der Waals surface area contributed by atoms with Crippen molar-refractivity contribution < 1.29 is 14.0 Å². The van der Waals surface area contributed by atoms with Crippen molar-refractivity contribution in [3.8, 4) is 0 Å². The molecule has 1 aromatic carbocycles. The largest absolute Gasteiger partial charge is 0.340 e. The number of urea groups is 1. The van der Waals surface area contributed by atoms with Gasteiger partial charge >= 0.3 is 6.03 Å². The van der Waals surface area contributed by atoms with Gasteiger partial charge in [0.1, 0.15) is 11.5 Å². The van der Waals surface area contributed by atoms with Crippen LogP contribution in [0.15, 0.2) is 18.2 Å². The van der Waals surface area contributed by atoms with E-state index in [0.717, 1.165) is 17.7 Å². The highest BCUT2D eigenvalue weighted by Gasteiger charge is 2.35. The van der Waals surface area contributed by atoms with E-state index in [1.807, 2.05) is 6.92 Å². The molecular weight excluding hydrogens is 385 g/mol. The Hall–Kier alpha value is -2.61. The molecule has 0 spiro atoms. The number of fused-ring (bicyclic) bond motifs is 3. The topological polar surface area (TPSA) is 70.5 Å². The molecule has 2 aliphatic rings. The number of aryl methyl sites for hydroxylation is 1. The molecule has 0 unspecified atom stereocenters. The Labute approximate surface area is 167 Å². The molecule has 2 aromatic rings. The van der Waals surface area contributed by atoms with Crippen molar-refractivity contribution in [3.63, 3.8) is 0 Å². The van der Waals surface area contributed by atoms with Crippen LogP contribution in [0.5, 0.6) is 0 Å². The van der Waals surface area contributed by atoms with Crippen molar-refractivity contribution in [2.45, 2.75) is 38.9 Å². The van der Waals surface area contributed by atoms with Gasteiger partial charge in [-0.25, -0.2) is 9.18 Å². The number of benzene rings is 1. The van der Waals surface area contributed by atoms with Crippen LogP contribution in [0, 0.1) is 5.82 Å². The van der Waals surface area contributed by atoms with Crippen LogP contribution in [-0.2, 0) is 19.5 Å². The zero-order chi connectivity index (χ0) is 20.0. The van der Waals surface area contributed by atoms with Gasteiger partial charge in [0.15, 0.2) is 0 Å². The molecule has 0 saturated heterocycles. The monoisotopic (exact) mass is 405 g/mol. The maximum absolute atomic E-state index is 13.3. The first-order chi connectivity index (χ1) is 13.3. The number of hydrogen-bond acceptors (Lipinski definition) is 3. The first kappa shape index (κ1) is 18.7. The van der Waals surface area contributed by atoms with Crippen molar-refractivity contribution in [1.29, 1.82) is 0 Å². The Morgan fingerprint density at radius 1 is 1.36 bits per heavy atom. The minimum Gasteiger partial charge on any atom is -0.340 e. The summed E-state index contributed by atoms with van der Waals surface area (Å²) >= 11 is 5.80. The van der Waals surface area contributed by atoms with Crippen LogP contribution in [0.1, 0.15) is 35.1 Å². The predicted octanol–water partition coefficient (Wildman–Crippen LogP) is 3.13. The minimum atomic E-state index is -0.541. The fourth-order valence-corrected chi connectivity index (χ4v) is 3.96. The second kappa shape index (κ2) is 7.09. The number of nitrogens with one attached hydrogen (secondary N) is 1. The molecule has 3 heterocycles. The minimum absolute atomic E-state index is 0.0534. The van der Waals surface area contributed by atoms with Gasteiger partial charge in [-0.1, -0.05) is 11.6 Å². The summed E-state index contributed by atoms with van der Waals surface area (Å²) in [5, 5.41) is 7.34. The van der Waals surface area contributed by atoms with Gasteiger partial charge in [0.2, 0.25) is 0 Å². The number of carbonyl (C=O) groups is 2. The SMILES string of the molecule is C[C@@H]1Cc2nn3c(c2CN1C(=O)Nc1ccc(F)c(Cl)c1)C(=O)N(C)CCC3. The number of halogens is 2. The van der Waals surface area contributed by atoms with E-state index in [4.69, 9.17) is 11.6 Å². The van der Waals surface area contributed by atoms with Crippen LogP contribution in [0.3, 0.4) is 0 Å². The van der Waals surface area contributed by atoms with Crippen LogP contribution in [0.2, 0.25) is 5.02 Å². The molecule has 7 nitrogen and oxygen atoms in total. The van der Waals surface area contributed by atoms with Crippen LogP contribution in [-0.4, -0.2) is 51.2 Å². The van der Waals surface area contributed by atoms with Crippen LogP contribution in [0.4, 0.5) is 14.9 Å². The van der Waals surface area contributed by atoms with Crippen molar-refractivity contribution >= 4 is 29.2 Å². The molecule has 3 amide bonds. The number of amides is 3. The Morgan fingerprint density at radius 3 is 2.89 bits per heavy atom. The molecule has 0 aliphatic carbocycles. The van der Waals surface area contributed by atoms with Crippen molar-refractivity contribution in [2.75, 3.05) is 18.9 Å². The summed E-state index contributed by atoms with van der Waals surface area (Å²) in [6.07, 6.45) is 1.42. The highest BCUT2D eigenvalue weighted by molar-refractivity contribution is 6.31. The quantitative estimate of drug-likeness (QED) is 0.792. The fourth-order valence-electron chi connectivity index (χ4n) is 3.78. The lowest BCUT2D eigenvalue weighted by atomic mass is 9.99. The van der Waals surface area contributed by atoms with E-state index in [-0.39, 0.29) is 23.0 Å². The first-order valence-electron chi connectivity index (χ1n) is 9.22. The molecular formula is C19H21ClFN5O2. The van der Waals surface area contributed by atoms with Crippen molar-refractivity contribution in [2.24, 2.45) is 0 Å². The van der Waals surface area contributed by atoms with Gasteiger partial charge in [0.05, 0.1) is 17.3 Å². The maximum atomic E-state index is 13.3. The third-order valence-electron chi connectivity index (χ3n) is 5.33. The van der Waals surface area contributed by atoms with Gasteiger partial charge in [0, 0.05) is 43.9 Å². The molecule has 0 bridgehead atoms. The van der Waals surface area contributed by atoms with Gasteiger partial charge < -0.3 is 15.1 Å². The number of anilines is 1. The van der Waals surface area contributed by atoms with Gasteiger partial charge in [-0.15, -0.1) is 0 Å². The lowest BCUT2D eigenvalue weighted by molar-refractivity contribution is 0.0793. The zero-order valence-electron chi connectivity index (χ0n) is 15.7. The summed E-state index contributed by atoms with van der Waals surface area (Å²) in [5.41, 5.74) is 2.67. The second-order valence-electron chi connectivity index (χ2n) is 7.32. The van der Waals surface area contributed by atoms with Crippen molar-refractivity contribution in [1.82, 2.24) is 19.6 Å². The Kier molecular flexibility index (Phi) is 4.74. The summed E-state index contributed by atoms with van der Waals surface area (Å²) in [6, 6.07) is 3.63. The highest BCUT2D eigenvalue weighted by atomic mass is 35.5. The first-order valence-corrected chi connectivity index (χ1v) is 9.59. The van der Waals surface area contributed by atoms with E-state index in [9.17, 15) is 14.0 Å². The molecule has 1 atom stereocenters. The van der Waals surface area contributed by atoms with E-state index in [0.29, 0.717) is 37.4 Å². The third-order valence-corrected chi connectivity index (χ3v) is 5.62. The van der Waals surface area contributed by atoms with Gasteiger partial charge in [-0.2, -0.15) is 5.10 Å². The standard InChI is InChI=1S/C19H21ClFN5O2/c1-11-8-16-13(17-18(27)24(2)6-3-7-26(17)23-16)10-25(11)19(28)22-12-4-5-15(21)14(20)9-12/h4-5,9,11H,3,6-8,10H2,1-2H3,(H,22,28)/t11-/m1/s1. The molecule has 9 heteroatoms. The maximum Gasteiger partial charge on any atom is 0.322 e. The van der Waals surface area contributed by atoms with Crippen LogP contribution in [0.25, 0.3) is 0 Å². The number of carbonyl (C=O) groups excluding carboxylic acids is 2. The Morgan fingerprint density at radius 2 is 2.14 bits per heavy atom. The molecule has 1 N–H and O–H groups in total. The van der Waals surface area contributed by atoms with E-state index in [1.165, 1.54) is 18.2 Å². The molecule has 148 valence electrons. The predicted molar refractivity (Wildman–Crippen MR) is 103 cm³/mol. The zero-order valence-corrected chi connectivity index (χ0v) is 16.5. The van der Waals surface area contributed by atoms with E-state index in [2.05, 4.69) is 10.4 Å². The average Bonchev–Trinajstić information content (AvgIpc) is 2.93. The number of rotatable bonds is 1. The third kappa shape index (κ3) is 3.22. The summed E-state index contributed by atoms with van der Waals surface area (Å²) in [4.78, 5) is 29.0. The summed E-state index contributed by atoms with van der Waals surface area (Å²) in [5.74, 6) is -0.604. The smallest absolute Gasteiger partial charge is 0.322 e. The fraction of sp³-hybridized carbons (Fsp3) is 0.421. The van der Waals surface area contributed by atoms with Gasteiger partial charge in [0.25, 0.3) is 5.91 Å². The lowest BCUT2D eigenvalue weighted by Gasteiger charge is -2.33. The molecule has 0 radical (unpaired) electrons.